The Balaban J connectivity index is 1.93. The van der Waals surface area contributed by atoms with Gasteiger partial charge in [-0.15, -0.1) is 0 Å². The molecule has 0 aliphatic carbocycles. The third-order valence-corrected chi connectivity index (χ3v) is 4.23. The Morgan fingerprint density at radius 2 is 2.13 bits per heavy atom. The summed E-state index contributed by atoms with van der Waals surface area (Å²) in [5.74, 6) is -2.65. The molecule has 0 aromatic heterocycles. The number of hydrogen-bond donors (Lipinski definition) is 1. The molecule has 1 N–H and O–H groups in total. The molecular formula is C15H14ClN3O4. The van der Waals surface area contributed by atoms with Crippen molar-refractivity contribution < 1.29 is 19.1 Å². The van der Waals surface area contributed by atoms with Gasteiger partial charge in [0.25, 0.3) is 5.91 Å². The Morgan fingerprint density at radius 3 is 2.78 bits per heavy atom. The molecule has 8 heteroatoms. The van der Waals surface area contributed by atoms with E-state index in [0.717, 1.165) is 10.5 Å². The van der Waals surface area contributed by atoms with Crippen LogP contribution in [0.4, 0.5) is 5.69 Å². The quantitative estimate of drug-likeness (QED) is 0.658. The van der Waals surface area contributed by atoms with Gasteiger partial charge in [0.1, 0.15) is 12.0 Å². The van der Waals surface area contributed by atoms with Crippen molar-refractivity contribution in [2.75, 3.05) is 11.5 Å². The highest BCUT2D eigenvalue weighted by atomic mass is 35.5. The number of carbonyl (C=O) groups excluding carboxylic acids is 3. The van der Waals surface area contributed by atoms with Crippen molar-refractivity contribution >= 4 is 40.8 Å². The van der Waals surface area contributed by atoms with Crippen LogP contribution in [0, 0.1) is 12.8 Å². The molecule has 2 heterocycles. The maximum absolute atomic E-state index is 12.6. The molecule has 120 valence electrons. The Labute approximate surface area is 137 Å². The predicted octanol–water partition coefficient (Wildman–Crippen LogP) is 1.03. The van der Waals surface area contributed by atoms with Crippen LogP contribution in [-0.2, 0) is 19.1 Å². The second-order valence-electron chi connectivity index (χ2n) is 5.25. The zero-order valence-electron chi connectivity index (χ0n) is 12.5. The van der Waals surface area contributed by atoms with E-state index >= 15 is 0 Å². The second-order valence-corrected chi connectivity index (χ2v) is 5.65. The van der Waals surface area contributed by atoms with E-state index in [1.807, 2.05) is 6.92 Å². The van der Waals surface area contributed by atoms with E-state index in [9.17, 15) is 14.4 Å². The standard InChI is InChI=1S/C15H14ClN3O4/c1-3-23-15(22)12-10-11(17-18-12)14(21)19(13(10)20)8-5-4-7(2)9(16)6-8/h4-6,10-11,17H,3H2,1-2H3/t10-,11+/m0/s1. The summed E-state index contributed by atoms with van der Waals surface area (Å²) < 4.78 is 4.88. The fraction of sp³-hybridized carbons (Fsp3) is 0.333. The molecule has 2 aliphatic heterocycles. The third-order valence-electron chi connectivity index (χ3n) is 3.82. The van der Waals surface area contributed by atoms with Crippen LogP contribution in [0.1, 0.15) is 12.5 Å². The number of hydrazone groups is 1. The zero-order chi connectivity index (χ0) is 16.7. The van der Waals surface area contributed by atoms with Gasteiger partial charge < -0.3 is 4.74 Å². The van der Waals surface area contributed by atoms with Crippen LogP contribution < -0.4 is 10.3 Å². The van der Waals surface area contributed by atoms with Gasteiger partial charge in [-0.2, -0.15) is 5.10 Å². The maximum Gasteiger partial charge on any atom is 0.355 e. The first-order valence-corrected chi connectivity index (χ1v) is 7.47. The van der Waals surface area contributed by atoms with Crippen LogP contribution in [0.2, 0.25) is 5.02 Å². The number of amides is 2. The Kier molecular flexibility index (Phi) is 3.81. The molecule has 1 aromatic carbocycles. The number of imide groups is 1. The van der Waals surface area contributed by atoms with E-state index in [1.165, 1.54) is 0 Å². The van der Waals surface area contributed by atoms with Crippen LogP contribution in [0.5, 0.6) is 0 Å². The first-order valence-electron chi connectivity index (χ1n) is 7.10. The van der Waals surface area contributed by atoms with Gasteiger partial charge in [-0.25, -0.2) is 9.69 Å². The van der Waals surface area contributed by atoms with Gasteiger partial charge in [0.05, 0.1) is 12.3 Å². The van der Waals surface area contributed by atoms with Gasteiger partial charge in [-0.3, -0.25) is 15.0 Å². The van der Waals surface area contributed by atoms with Gasteiger partial charge in [0, 0.05) is 5.02 Å². The fourth-order valence-electron chi connectivity index (χ4n) is 2.64. The second kappa shape index (κ2) is 5.66. The minimum atomic E-state index is -0.971. The van der Waals surface area contributed by atoms with Gasteiger partial charge >= 0.3 is 5.97 Å². The highest BCUT2D eigenvalue weighted by Gasteiger charge is 2.55. The van der Waals surface area contributed by atoms with Crippen molar-refractivity contribution in [3.63, 3.8) is 0 Å². The van der Waals surface area contributed by atoms with Crippen LogP contribution in [0.25, 0.3) is 0 Å². The van der Waals surface area contributed by atoms with Gasteiger partial charge in [-0.05, 0) is 31.5 Å². The molecule has 0 radical (unpaired) electrons. The fourth-order valence-corrected chi connectivity index (χ4v) is 2.81. The lowest BCUT2D eigenvalue weighted by Crippen LogP contribution is -2.36. The Morgan fingerprint density at radius 1 is 1.39 bits per heavy atom. The minimum Gasteiger partial charge on any atom is -0.461 e. The molecule has 7 nitrogen and oxygen atoms in total. The van der Waals surface area contributed by atoms with Gasteiger partial charge in [0.2, 0.25) is 5.91 Å². The molecular weight excluding hydrogens is 322 g/mol. The number of benzene rings is 1. The van der Waals surface area contributed by atoms with Crippen LogP contribution in [-0.4, -0.2) is 36.1 Å². The van der Waals surface area contributed by atoms with Crippen molar-refractivity contribution in [1.82, 2.24) is 5.43 Å². The SMILES string of the molecule is CCOC(=O)C1=NN[C@H]2C(=O)N(c3ccc(C)c(Cl)c3)C(=O)[C@H]12. The number of ether oxygens (including phenoxy) is 1. The maximum atomic E-state index is 12.6. The monoisotopic (exact) mass is 335 g/mol. The van der Waals surface area contributed by atoms with E-state index in [2.05, 4.69) is 10.5 Å². The summed E-state index contributed by atoms with van der Waals surface area (Å²) >= 11 is 6.07. The van der Waals surface area contributed by atoms with Crippen molar-refractivity contribution in [1.29, 1.82) is 0 Å². The normalized spacial score (nSPS) is 22.7. The lowest BCUT2D eigenvalue weighted by Gasteiger charge is -2.16. The molecule has 1 aromatic rings. The molecule has 2 atom stereocenters. The van der Waals surface area contributed by atoms with Crippen molar-refractivity contribution in [2.45, 2.75) is 19.9 Å². The molecule has 0 saturated carbocycles. The number of fused-ring (bicyclic) bond motifs is 1. The number of rotatable bonds is 3. The summed E-state index contributed by atoms with van der Waals surface area (Å²) in [6.07, 6.45) is 0. The predicted molar refractivity (Wildman–Crippen MR) is 83.2 cm³/mol. The average Bonchev–Trinajstić information content (AvgIpc) is 3.04. The molecule has 2 aliphatic rings. The summed E-state index contributed by atoms with van der Waals surface area (Å²) in [5, 5.41) is 4.25. The van der Waals surface area contributed by atoms with Crippen LogP contribution in [0.15, 0.2) is 23.3 Å². The summed E-state index contributed by atoms with van der Waals surface area (Å²) in [6.45, 7) is 3.64. The Bertz CT molecular complexity index is 746. The number of anilines is 1. The number of aryl methyl sites for hydroxylation is 1. The van der Waals surface area contributed by atoms with E-state index in [0.29, 0.717) is 10.7 Å². The number of esters is 1. The van der Waals surface area contributed by atoms with Crippen LogP contribution in [0.3, 0.4) is 0 Å². The summed E-state index contributed by atoms with van der Waals surface area (Å²) in [4.78, 5) is 38.1. The smallest absolute Gasteiger partial charge is 0.355 e. The lowest BCUT2D eigenvalue weighted by atomic mass is 9.99. The largest absolute Gasteiger partial charge is 0.461 e. The van der Waals surface area contributed by atoms with E-state index in [-0.39, 0.29) is 12.3 Å². The highest BCUT2D eigenvalue weighted by Crippen LogP contribution is 2.32. The van der Waals surface area contributed by atoms with Crippen molar-refractivity contribution in [2.24, 2.45) is 11.0 Å². The van der Waals surface area contributed by atoms with E-state index in [1.54, 1.807) is 25.1 Å². The number of nitrogens with one attached hydrogen (secondary N) is 1. The van der Waals surface area contributed by atoms with Crippen molar-refractivity contribution in [3.8, 4) is 0 Å². The Hall–Kier alpha value is -2.41. The van der Waals surface area contributed by atoms with Crippen LogP contribution >= 0.6 is 11.6 Å². The molecule has 0 bridgehead atoms. The van der Waals surface area contributed by atoms with Gasteiger partial charge in [-0.1, -0.05) is 17.7 Å². The van der Waals surface area contributed by atoms with E-state index < -0.39 is 29.7 Å². The first-order chi connectivity index (χ1) is 11.0. The molecule has 1 fully saturated rings. The molecule has 0 spiro atoms. The molecule has 0 unspecified atom stereocenters. The topological polar surface area (TPSA) is 88.1 Å². The number of hydrogen-bond acceptors (Lipinski definition) is 6. The number of carbonyl (C=O) groups is 3. The summed E-state index contributed by atoms with van der Waals surface area (Å²) in [5.41, 5.74) is 3.69. The highest BCUT2D eigenvalue weighted by molar-refractivity contribution is 6.46. The lowest BCUT2D eigenvalue weighted by molar-refractivity contribution is -0.136. The summed E-state index contributed by atoms with van der Waals surface area (Å²) in [6, 6.07) is 4.02. The van der Waals surface area contributed by atoms with E-state index in [4.69, 9.17) is 16.3 Å². The summed E-state index contributed by atoms with van der Waals surface area (Å²) in [7, 11) is 0. The number of nitrogens with zero attached hydrogens (tertiary/aromatic N) is 2. The van der Waals surface area contributed by atoms with Gasteiger partial charge in [0.15, 0.2) is 5.71 Å². The molecule has 23 heavy (non-hydrogen) atoms. The molecule has 3 rings (SSSR count). The minimum absolute atomic E-state index is 0.0732. The molecule has 2 amide bonds. The third kappa shape index (κ3) is 2.37. The first kappa shape index (κ1) is 15.5. The molecule has 1 saturated heterocycles. The number of halogens is 1. The average molecular weight is 336 g/mol. The zero-order valence-corrected chi connectivity index (χ0v) is 13.3. The van der Waals surface area contributed by atoms with Crippen molar-refractivity contribution in [3.05, 3.63) is 28.8 Å².